The fourth-order valence-electron chi connectivity index (χ4n) is 1.86. The normalized spacial score (nSPS) is 11.9. The molecule has 1 unspecified atom stereocenters. The Kier molecular flexibility index (Phi) is 4.35. The molecule has 0 spiro atoms. The van der Waals surface area contributed by atoms with E-state index in [-0.39, 0.29) is 0 Å². The molecule has 0 bridgehead atoms. The van der Waals surface area contributed by atoms with E-state index in [0.717, 1.165) is 11.1 Å². The number of aryl methyl sites for hydroxylation is 2. The van der Waals surface area contributed by atoms with Crippen molar-refractivity contribution in [2.75, 3.05) is 6.26 Å². The molecule has 3 nitrogen and oxygen atoms in total. The van der Waals surface area contributed by atoms with Crippen molar-refractivity contribution < 1.29 is 13.7 Å². The van der Waals surface area contributed by atoms with Crippen LogP contribution in [0.1, 0.15) is 21.5 Å². The molecule has 0 aliphatic rings. The first kappa shape index (κ1) is 14.5. The first-order valence-corrected chi connectivity index (χ1v) is 7.76. The molecule has 0 aliphatic carbocycles. The SMILES string of the molecule is Cc1ccc(OC(=O)c2ccc(S(C)=O)cc2)c(C)c1. The predicted molar refractivity (Wildman–Crippen MR) is 79.6 cm³/mol. The zero-order valence-electron chi connectivity index (χ0n) is 11.7. The zero-order chi connectivity index (χ0) is 14.7. The predicted octanol–water partition coefficient (Wildman–Crippen LogP) is 3.26. The lowest BCUT2D eigenvalue weighted by Crippen LogP contribution is -2.09. The summed E-state index contributed by atoms with van der Waals surface area (Å²) >= 11 is 0. The van der Waals surface area contributed by atoms with Crippen molar-refractivity contribution in [1.82, 2.24) is 0 Å². The van der Waals surface area contributed by atoms with E-state index in [9.17, 15) is 9.00 Å². The van der Waals surface area contributed by atoms with E-state index in [2.05, 4.69) is 0 Å². The molecule has 0 aromatic heterocycles. The van der Waals surface area contributed by atoms with Crippen LogP contribution in [0.4, 0.5) is 0 Å². The zero-order valence-corrected chi connectivity index (χ0v) is 12.5. The number of benzene rings is 2. The lowest BCUT2D eigenvalue weighted by Gasteiger charge is -2.08. The molecule has 0 aliphatic heterocycles. The number of carbonyl (C=O) groups excluding carboxylic acids is 1. The third-order valence-electron chi connectivity index (χ3n) is 2.96. The number of hydrogen-bond donors (Lipinski definition) is 0. The summed E-state index contributed by atoms with van der Waals surface area (Å²) in [5, 5.41) is 0. The molecular weight excluding hydrogens is 272 g/mol. The molecule has 0 amide bonds. The van der Waals surface area contributed by atoms with Gasteiger partial charge in [-0.3, -0.25) is 4.21 Å². The summed E-state index contributed by atoms with van der Waals surface area (Å²) in [5.41, 5.74) is 2.49. The van der Waals surface area contributed by atoms with Crippen molar-refractivity contribution in [3.63, 3.8) is 0 Å². The van der Waals surface area contributed by atoms with Gasteiger partial charge in [0.1, 0.15) is 5.75 Å². The maximum atomic E-state index is 12.0. The maximum Gasteiger partial charge on any atom is 0.343 e. The molecule has 20 heavy (non-hydrogen) atoms. The van der Waals surface area contributed by atoms with Gasteiger partial charge in [-0.15, -0.1) is 0 Å². The van der Waals surface area contributed by atoms with Crippen LogP contribution in [0.3, 0.4) is 0 Å². The van der Waals surface area contributed by atoms with Crippen molar-refractivity contribution in [3.8, 4) is 5.75 Å². The van der Waals surface area contributed by atoms with Gasteiger partial charge in [0, 0.05) is 22.0 Å². The summed E-state index contributed by atoms with van der Waals surface area (Å²) < 4.78 is 16.7. The van der Waals surface area contributed by atoms with Gasteiger partial charge < -0.3 is 4.74 Å². The molecule has 2 aromatic carbocycles. The summed E-state index contributed by atoms with van der Waals surface area (Å²) in [7, 11) is -1.05. The molecule has 0 radical (unpaired) electrons. The summed E-state index contributed by atoms with van der Waals surface area (Å²) in [6.45, 7) is 3.89. The van der Waals surface area contributed by atoms with E-state index in [1.54, 1.807) is 36.6 Å². The minimum absolute atomic E-state index is 0.412. The molecule has 0 saturated carbocycles. The van der Waals surface area contributed by atoms with Crippen LogP contribution in [0.5, 0.6) is 5.75 Å². The summed E-state index contributed by atoms with van der Waals surface area (Å²) in [4.78, 5) is 12.7. The molecule has 4 heteroatoms. The Morgan fingerprint density at radius 1 is 1.05 bits per heavy atom. The van der Waals surface area contributed by atoms with Crippen molar-refractivity contribution in [2.45, 2.75) is 18.7 Å². The fourth-order valence-corrected chi connectivity index (χ4v) is 2.37. The first-order valence-electron chi connectivity index (χ1n) is 6.20. The highest BCUT2D eigenvalue weighted by Gasteiger charge is 2.10. The first-order chi connectivity index (χ1) is 9.47. The Morgan fingerprint density at radius 3 is 2.25 bits per heavy atom. The minimum atomic E-state index is -1.05. The molecule has 0 saturated heterocycles. The lowest BCUT2D eigenvalue weighted by molar-refractivity contribution is 0.0733. The van der Waals surface area contributed by atoms with Crippen molar-refractivity contribution in [3.05, 3.63) is 59.2 Å². The topological polar surface area (TPSA) is 43.4 Å². The molecule has 1 atom stereocenters. The van der Waals surface area contributed by atoms with Gasteiger partial charge in [0.25, 0.3) is 0 Å². The second-order valence-electron chi connectivity index (χ2n) is 4.64. The van der Waals surface area contributed by atoms with Crippen LogP contribution in [0.15, 0.2) is 47.4 Å². The molecule has 0 heterocycles. The third-order valence-corrected chi connectivity index (χ3v) is 3.89. The van der Waals surface area contributed by atoms with Crippen molar-refractivity contribution in [1.29, 1.82) is 0 Å². The van der Waals surface area contributed by atoms with Gasteiger partial charge in [0.2, 0.25) is 0 Å². The van der Waals surface area contributed by atoms with Crippen LogP contribution < -0.4 is 4.74 Å². The van der Waals surface area contributed by atoms with Gasteiger partial charge in [-0.1, -0.05) is 17.7 Å². The molecular formula is C16H16O3S. The number of carbonyl (C=O) groups is 1. The number of ether oxygens (including phenoxy) is 1. The summed E-state index contributed by atoms with van der Waals surface area (Å²) in [6.07, 6.45) is 1.60. The van der Waals surface area contributed by atoms with Gasteiger partial charge >= 0.3 is 5.97 Å². The maximum absolute atomic E-state index is 12.0. The van der Waals surface area contributed by atoms with Crippen LogP contribution in [0.2, 0.25) is 0 Å². The van der Waals surface area contributed by atoms with Crippen LogP contribution in [-0.4, -0.2) is 16.4 Å². The average molecular weight is 288 g/mol. The van der Waals surface area contributed by atoms with E-state index in [1.165, 1.54) is 0 Å². The van der Waals surface area contributed by atoms with Gasteiger partial charge in [0.05, 0.1) is 5.56 Å². The van der Waals surface area contributed by atoms with Crippen LogP contribution in [-0.2, 0) is 10.8 Å². The second kappa shape index (κ2) is 6.01. The number of rotatable bonds is 3. The van der Waals surface area contributed by atoms with Gasteiger partial charge in [-0.2, -0.15) is 0 Å². The minimum Gasteiger partial charge on any atom is -0.423 e. The summed E-state index contributed by atoms with van der Waals surface area (Å²) in [6, 6.07) is 12.3. The molecule has 0 fully saturated rings. The Hall–Kier alpha value is -1.94. The van der Waals surface area contributed by atoms with Crippen molar-refractivity contribution in [2.24, 2.45) is 0 Å². The smallest absolute Gasteiger partial charge is 0.343 e. The highest BCUT2D eigenvalue weighted by Crippen LogP contribution is 2.20. The monoisotopic (exact) mass is 288 g/mol. The Bertz CT molecular complexity index is 660. The van der Waals surface area contributed by atoms with E-state index in [4.69, 9.17) is 4.74 Å². The van der Waals surface area contributed by atoms with Crippen LogP contribution >= 0.6 is 0 Å². The Morgan fingerprint density at radius 2 is 1.70 bits per heavy atom. The van der Waals surface area contributed by atoms with Gasteiger partial charge in [0.15, 0.2) is 0 Å². The Balaban J connectivity index is 2.17. The van der Waals surface area contributed by atoms with Crippen molar-refractivity contribution >= 4 is 16.8 Å². The largest absolute Gasteiger partial charge is 0.423 e. The molecule has 0 N–H and O–H groups in total. The number of esters is 1. The standard InChI is InChI=1S/C16H16O3S/c1-11-4-9-15(12(2)10-11)19-16(17)13-5-7-14(8-6-13)20(3)18/h4-10H,1-3H3. The Labute approximate surface area is 121 Å². The van der Waals surface area contributed by atoms with Crippen LogP contribution in [0, 0.1) is 13.8 Å². The third kappa shape index (κ3) is 3.33. The second-order valence-corrected chi connectivity index (χ2v) is 6.02. The quantitative estimate of drug-likeness (QED) is 0.643. The molecule has 2 aromatic rings. The highest BCUT2D eigenvalue weighted by atomic mass is 32.2. The summed E-state index contributed by atoms with van der Waals surface area (Å²) in [5.74, 6) is 0.147. The number of hydrogen-bond acceptors (Lipinski definition) is 3. The highest BCUT2D eigenvalue weighted by molar-refractivity contribution is 7.84. The fraction of sp³-hybridized carbons (Fsp3) is 0.188. The van der Waals surface area contributed by atoms with E-state index in [1.807, 2.05) is 26.0 Å². The average Bonchev–Trinajstić information content (AvgIpc) is 2.42. The van der Waals surface area contributed by atoms with Gasteiger partial charge in [-0.05, 0) is 49.7 Å². The van der Waals surface area contributed by atoms with Gasteiger partial charge in [-0.25, -0.2) is 4.79 Å². The van der Waals surface area contributed by atoms with E-state index >= 15 is 0 Å². The molecule has 2 rings (SSSR count). The van der Waals surface area contributed by atoms with Crippen LogP contribution in [0.25, 0.3) is 0 Å². The molecule has 104 valence electrons. The lowest BCUT2D eigenvalue weighted by atomic mass is 10.1. The van der Waals surface area contributed by atoms with E-state index in [0.29, 0.717) is 16.2 Å². The van der Waals surface area contributed by atoms with E-state index < -0.39 is 16.8 Å².